The second-order valence-corrected chi connectivity index (χ2v) is 16.6. The first-order valence-corrected chi connectivity index (χ1v) is 24.1. The minimum atomic E-state index is -1.38. The van der Waals surface area contributed by atoms with Gasteiger partial charge in [0.1, 0.15) is 12.1 Å². The fraction of sp³-hybridized carbons (Fsp3) is 0.875. The summed E-state index contributed by atoms with van der Waals surface area (Å²) in [5.41, 5.74) is 0. The fourth-order valence-electron chi connectivity index (χ4n) is 7.31. The SMILES string of the molecule is CCCCCCCC/C=C\CCCC(CCCCCCCC(=O)NCC(=O)NC(CO)C(=O)O)OC(=O)CCCCCCCCCCCCCCCCCCCC. The van der Waals surface area contributed by atoms with Crippen LogP contribution >= 0.6 is 0 Å². The van der Waals surface area contributed by atoms with Crippen LogP contribution in [0.25, 0.3) is 0 Å². The van der Waals surface area contributed by atoms with E-state index in [1.807, 2.05) is 0 Å². The van der Waals surface area contributed by atoms with Crippen molar-refractivity contribution in [1.29, 1.82) is 0 Å². The number of nitrogens with one attached hydrogen (secondary N) is 2. The summed E-state index contributed by atoms with van der Waals surface area (Å²) in [5.74, 6) is -2.29. The summed E-state index contributed by atoms with van der Waals surface area (Å²) in [4.78, 5) is 47.6. The quantitative estimate of drug-likeness (QED) is 0.0273. The summed E-state index contributed by atoms with van der Waals surface area (Å²) in [6.45, 7) is 3.50. The van der Waals surface area contributed by atoms with Gasteiger partial charge in [-0.3, -0.25) is 14.4 Å². The Balaban J connectivity index is 4.23. The standard InChI is InChI=1S/C48H90N2O7/c1-3-5-7-9-11-13-15-16-17-18-19-20-21-23-25-27-32-36-40-47(54)57-43(37-33-29-26-24-22-14-12-10-8-6-4-2)38-34-30-28-31-35-39-45(52)49-41-46(53)50-44(42-51)48(55)56/h24,26,43-44,51H,3-23,25,27-42H2,1-2H3,(H,49,52)(H,50,53)(H,55,56)/b26-24-. The van der Waals surface area contributed by atoms with Gasteiger partial charge in [0, 0.05) is 12.8 Å². The molecule has 0 aromatic heterocycles. The van der Waals surface area contributed by atoms with Crippen LogP contribution in [-0.4, -0.2) is 59.3 Å². The van der Waals surface area contributed by atoms with Gasteiger partial charge in [0.15, 0.2) is 0 Å². The largest absolute Gasteiger partial charge is 0.480 e. The average Bonchev–Trinajstić information content (AvgIpc) is 3.20. The van der Waals surface area contributed by atoms with Crippen molar-refractivity contribution in [1.82, 2.24) is 10.6 Å². The monoisotopic (exact) mass is 807 g/mol. The number of carboxylic acid groups (broad SMARTS) is 1. The van der Waals surface area contributed by atoms with Gasteiger partial charge >= 0.3 is 11.9 Å². The summed E-state index contributed by atoms with van der Waals surface area (Å²) in [6, 6.07) is -1.38. The molecule has 9 heteroatoms. The Bertz CT molecular complexity index is 972. The highest BCUT2D eigenvalue weighted by Crippen LogP contribution is 2.18. The molecule has 0 aromatic rings. The number of aliphatic hydroxyl groups is 1. The van der Waals surface area contributed by atoms with Gasteiger partial charge in [-0.15, -0.1) is 0 Å². The van der Waals surface area contributed by atoms with E-state index in [4.69, 9.17) is 14.9 Å². The molecule has 0 aliphatic carbocycles. The smallest absolute Gasteiger partial charge is 0.328 e. The number of rotatable bonds is 44. The molecule has 4 N–H and O–H groups in total. The van der Waals surface area contributed by atoms with Gasteiger partial charge in [0.2, 0.25) is 11.8 Å². The number of aliphatic carboxylic acids is 1. The predicted octanol–water partition coefficient (Wildman–Crippen LogP) is 12.2. The highest BCUT2D eigenvalue weighted by Gasteiger charge is 2.19. The number of ether oxygens (including phenoxy) is 1. The van der Waals surface area contributed by atoms with Crippen LogP contribution < -0.4 is 10.6 Å². The predicted molar refractivity (Wildman–Crippen MR) is 236 cm³/mol. The number of esters is 1. The Labute approximate surface area is 350 Å². The molecule has 2 unspecified atom stereocenters. The van der Waals surface area contributed by atoms with E-state index in [0.717, 1.165) is 70.6 Å². The van der Waals surface area contributed by atoms with E-state index in [1.165, 1.54) is 141 Å². The Morgan fingerprint density at radius 2 is 0.912 bits per heavy atom. The first-order chi connectivity index (χ1) is 27.8. The minimum Gasteiger partial charge on any atom is -0.480 e. The zero-order valence-electron chi connectivity index (χ0n) is 37.1. The van der Waals surface area contributed by atoms with Crippen LogP contribution in [0.2, 0.25) is 0 Å². The number of carbonyl (C=O) groups excluding carboxylic acids is 3. The molecule has 0 rings (SSSR count). The van der Waals surface area contributed by atoms with Crippen molar-refractivity contribution in [2.75, 3.05) is 13.2 Å². The Kier molecular flexibility index (Phi) is 41.3. The van der Waals surface area contributed by atoms with Gasteiger partial charge in [-0.2, -0.15) is 0 Å². The Morgan fingerprint density at radius 1 is 0.509 bits per heavy atom. The number of allylic oxidation sites excluding steroid dienone is 2. The highest BCUT2D eigenvalue weighted by atomic mass is 16.5. The molecule has 0 saturated heterocycles. The molecule has 9 nitrogen and oxygen atoms in total. The average molecular weight is 807 g/mol. The van der Waals surface area contributed by atoms with E-state index in [9.17, 15) is 19.2 Å². The second kappa shape index (κ2) is 43.2. The van der Waals surface area contributed by atoms with Crippen molar-refractivity contribution in [3.63, 3.8) is 0 Å². The third-order valence-electron chi connectivity index (χ3n) is 11.0. The number of hydrogen-bond acceptors (Lipinski definition) is 6. The lowest BCUT2D eigenvalue weighted by atomic mass is 10.0. The molecule has 2 amide bonds. The summed E-state index contributed by atoms with van der Waals surface area (Å²) < 4.78 is 6.03. The third kappa shape index (κ3) is 40.2. The number of carbonyl (C=O) groups is 4. The molecule has 0 saturated carbocycles. The van der Waals surface area contributed by atoms with E-state index in [0.29, 0.717) is 19.3 Å². The van der Waals surface area contributed by atoms with Crippen molar-refractivity contribution < 1.29 is 34.1 Å². The van der Waals surface area contributed by atoms with Gasteiger partial charge < -0.3 is 25.6 Å². The van der Waals surface area contributed by atoms with Crippen LogP contribution in [0.3, 0.4) is 0 Å². The van der Waals surface area contributed by atoms with Crippen molar-refractivity contribution >= 4 is 23.8 Å². The summed E-state index contributed by atoms with van der Waals surface area (Å²) in [7, 11) is 0. The maximum Gasteiger partial charge on any atom is 0.328 e. The summed E-state index contributed by atoms with van der Waals surface area (Å²) in [6.07, 6.45) is 46.8. The molecule has 0 radical (unpaired) electrons. The summed E-state index contributed by atoms with van der Waals surface area (Å²) in [5, 5.41) is 22.6. The molecule has 0 aliphatic heterocycles. The van der Waals surface area contributed by atoms with E-state index >= 15 is 0 Å². The number of amides is 2. The lowest BCUT2D eigenvalue weighted by molar-refractivity contribution is -0.150. The lowest BCUT2D eigenvalue weighted by Crippen LogP contribution is -2.47. The van der Waals surface area contributed by atoms with Gasteiger partial charge in [0.25, 0.3) is 0 Å². The Morgan fingerprint density at radius 3 is 1.39 bits per heavy atom. The molecule has 0 aromatic carbocycles. The molecule has 334 valence electrons. The number of aliphatic hydroxyl groups excluding tert-OH is 1. The summed E-state index contributed by atoms with van der Waals surface area (Å²) >= 11 is 0. The van der Waals surface area contributed by atoms with Crippen molar-refractivity contribution in [2.45, 2.75) is 257 Å². The molecule has 0 heterocycles. The maximum absolute atomic E-state index is 12.8. The van der Waals surface area contributed by atoms with Crippen LogP contribution in [0, 0.1) is 0 Å². The highest BCUT2D eigenvalue weighted by molar-refractivity contribution is 5.87. The first kappa shape index (κ1) is 54.6. The maximum atomic E-state index is 12.8. The number of carboxylic acids is 1. The van der Waals surface area contributed by atoms with Crippen LogP contribution in [0.1, 0.15) is 245 Å². The molecule has 0 aliphatic rings. The zero-order valence-corrected chi connectivity index (χ0v) is 37.1. The van der Waals surface area contributed by atoms with E-state index in [1.54, 1.807) is 0 Å². The molecular weight excluding hydrogens is 717 g/mol. The van der Waals surface area contributed by atoms with E-state index in [2.05, 4.69) is 36.6 Å². The van der Waals surface area contributed by atoms with Crippen molar-refractivity contribution in [3.05, 3.63) is 12.2 Å². The number of unbranched alkanes of at least 4 members (excludes halogenated alkanes) is 28. The van der Waals surface area contributed by atoms with Gasteiger partial charge in [-0.25, -0.2) is 4.79 Å². The Hall–Kier alpha value is -2.42. The topological polar surface area (TPSA) is 142 Å². The van der Waals surface area contributed by atoms with Gasteiger partial charge in [-0.1, -0.05) is 187 Å². The fourth-order valence-corrected chi connectivity index (χ4v) is 7.31. The van der Waals surface area contributed by atoms with Crippen LogP contribution in [-0.2, 0) is 23.9 Å². The normalized spacial score (nSPS) is 12.5. The lowest BCUT2D eigenvalue weighted by Gasteiger charge is -2.18. The van der Waals surface area contributed by atoms with Crippen LogP contribution in [0.4, 0.5) is 0 Å². The van der Waals surface area contributed by atoms with Crippen molar-refractivity contribution in [3.8, 4) is 0 Å². The van der Waals surface area contributed by atoms with Crippen molar-refractivity contribution in [2.24, 2.45) is 0 Å². The molecule has 0 bridgehead atoms. The van der Waals surface area contributed by atoms with Gasteiger partial charge in [-0.05, 0) is 57.8 Å². The molecule has 0 fully saturated rings. The van der Waals surface area contributed by atoms with Gasteiger partial charge in [0.05, 0.1) is 13.2 Å². The molecule has 57 heavy (non-hydrogen) atoms. The van der Waals surface area contributed by atoms with Crippen LogP contribution in [0.15, 0.2) is 12.2 Å². The number of hydrogen-bond donors (Lipinski definition) is 4. The molecule has 2 atom stereocenters. The second-order valence-electron chi connectivity index (χ2n) is 16.6. The zero-order chi connectivity index (χ0) is 41.9. The molecule has 0 spiro atoms. The third-order valence-corrected chi connectivity index (χ3v) is 11.0. The first-order valence-electron chi connectivity index (χ1n) is 24.1. The van der Waals surface area contributed by atoms with E-state index < -0.39 is 24.5 Å². The molecular formula is C48H90N2O7. The van der Waals surface area contributed by atoms with Crippen LogP contribution in [0.5, 0.6) is 0 Å². The minimum absolute atomic E-state index is 0.0384. The van der Waals surface area contributed by atoms with E-state index in [-0.39, 0.29) is 24.5 Å².